The number of ether oxygens (including phenoxy) is 1. The molecule has 0 radical (unpaired) electrons. The van der Waals surface area contributed by atoms with E-state index in [0.29, 0.717) is 0 Å². The third-order valence-corrected chi connectivity index (χ3v) is 3.36. The Kier molecular flexibility index (Phi) is 3.10. The Morgan fingerprint density at radius 2 is 2.14 bits per heavy atom. The number of nitrogens with one attached hydrogen (secondary N) is 2. The molecular weight excluding hydrogens is 176 g/mol. The molecule has 82 valence electrons. The van der Waals surface area contributed by atoms with Gasteiger partial charge in [-0.15, -0.1) is 0 Å². The van der Waals surface area contributed by atoms with Gasteiger partial charge in [0.15, 0.2) is 0 Å². The van der Waals surface area contributed by atoms with Crippen molar-refractivity contribution in [2.45, 2.75) is 38.3 Å². The molecule has 0 aromatic rings. The van der Waals surface area contributed by atoms with Gasteiger partial charge < -0.3 is 15.4 Å². The summed E-state index contributed by atoms with van der Waals surface area (Å²) < 4.78 is 5.79. The molecule has 1 saturated carbocycles. The van der Waals surface area contributed by atoms with Crippen molar-refractivity contribution in [1.82, 2.24) is 10.6 Å². The highest BCUT2D eigenvalue weighted by Crippen LogP contribution is 2.25. The maximum absolute atomic E-state index is 5.79. The van der Waals surface area contributed by atoms with E-state index in [4.69, 9.17) is 4.74 Å². The van der Waals surface area contributed by atoms with Gasteiger partial charge in [-0.05, 0) is 25.7 Å². The van der Waals surface area contributed by atoms with Gasteiger partial charge in [-0.1, -0.05) is 6.92 Å². The summed E-state index contributed by atoms with van der Waals surface area (Å²) in [5.74, 6) is 0.932. The number of hydrogen-bond donors (Lipinski definition) is 2. The van der Waals surface area contributed by atoms with E-state index < -0.39 is 0 Å². The lowest BCUT2D eigenvalue weighted by atomic mass is 9.82. The Hall–Kier alpha value is -0.120. The lowest BCUT2D eigenvalue weighted by Crippen LogP contribution is -2.59. The molecule has 2 aliphatic rings. The molecule has 0 unspecified atom stereocenters. The van der Waals surface area contributed by atoms with E-state index in [0.717, 1.165) is 38.2 Å². The maximum atomic E-state index is 5.79. The first-order valence-corrected chi connectivity index (χ1v) is 5.76. The molecule has 1 saturated heterocycles. The standard InChI is InChI=1S/C11H22N2O/c1-9-5-10(6-9)13-3-4-14-11(2)7-12-8-11/h9-10,12-13H,3-8H2,1-2H3. The summed E-state index contributed by atoms with van der Waals surface area (Å²) in [7, 11) is 0. The highest BCUT2D eigenvalue weighted by Gasteiger charge is 2.32. The summed E-state index contributed by atoms with van der Waals surface area (Å²) in [4.78, 5) is 0. The fourth-order valence-electron chi connectivity index (χ4n) is 2.21. The summed E-state index contributed by atoms with van der Waals surface area (Å²) in [6.45, 7) is 8.36. The fourth-order valence-corrected chi connectivity index (χ4v) is 2.21. The third kappa shape index (κ3) is 2.47. The maximum Gasteiger partial charge on any atom is 0.0902 e. The quantitative estimate of drug-likeness (QED) is 0.640. The van der Waals surface area contributed by atoms with E-state index in [1.54, 1.807) is 0 Å². The zero-order valence-corrected chi connectivity index (χ0v) is 9.31. The van der Waals surface area contributed by atoms with Crippen molar-refractivity contribution in [3.63, 3.8) is 0 Å². The van der Waals surface area contributed by atoms with Crippen LogP contribution in [-0.2, 0) is 4.74 Å². The second kappa shape index (κ2) is 4.17. The molecule has 0 atom stereocenters. The molecule has 2 fully saturated rings. The van der Waals surface area contributed by atoms with E-state index in [2.05, 4.69) is 24.5 Å². The Morgan fingerprint density at radius 3 is 2.64 bits per heavy atom. The monoisotopic (exact) mass is 198 g/mol. The van der Waals surface area contributed by atoms with Crippen LogP contribution in [0.4, 0.5) is 0 Å². The fraction of sp³-hybridized carbons (Fsp3) is 1.00. The van der Waals surface area contributed by atoms with E-state index in [9.17, 15) is 0 Å². The van der Waals surface area contributed by atoms with E-state index >= 15 is 0 Å². The molecule has 0 spiro atoms. The minimum absolute atomic E-state index is 0.120. The predicted octanol–water partition coefficient (Wildman–Crippen LogP) is 0.753. The second-order valence-corrected chi connectivity index (χ2v) is 5.13. The van der Waals surface area contributed by atoms with Crippen LogP contribution in [0.15, 0.2) is 0 Å². The third-order valence-electron chi connectivity index (χ3n) is 3.36. The first-order chi connectivity index (χ1) is 6.68. The van der Waals surface area contributed by atoms with Crippen molar-refractivity contribution in [2.24, 2.45) is 5.92 Å². The average Bonchev–Trinajstić information content (AvgIpc) is 2.05. The van der Waals surface area contributed by atoms with Crippen LogP contribution in [0.5, 0.6) is 0 Å². The summed E-state index contributed by atoms with van der Waals surface area (Å²) in [6.07, 6.45) is 2.69. The van der Waals surface area contributed by atoms with Gasteiger partial charge in [0.1, 0.15) is 0 Å². The summed E-state index contributed by atoms with van der Waals surface area (Å²) >= 11 is 0. The Morgan fingerprint density at radius 1 is 1.43 bits per heavy atom. The molecule has 2 rings (SSSR count). The van der Waals surface area contributed by atoms with Crippen molar-refractivity contribution in [3.8, 4) is 0 Å². The molecule has 1 aliphatic carbocycles. The molecule has 2 N–H and O–H groups in total. The molecule has 14 heavy (non-hydrogen) atoms. The van der Waals surface area contributed by atoms with Crippen molar-refractivity contribution < 1.29 is 4.74 Å². The summed E-state index contributed by atoms with van der Waals surface area (Å²) in [5.41, 5.74) is 0.120. The Labute approximate surface area is 86.6 Å². The lowest BCUT2D eigenvalue weighted by molar-refractivity contribution is -0.0659. The predicted molar refractivity (Wildman–Crippen MR) is 57.4 cm³/mol. The van der Waals surface area contributed by atoms with Gasteiger partial charge in [0.2, 0.25) is 0 Å². The van der Waals surface area contributed by atoms with Crippen LogP contribution >= 0.6 is 0 Å². The van der Waals surface area contributed by atoms with Crippen LogP contribution in [0.2, 0.25) is 0 Å². The zero-order valence-electron chi connectivity index (χ0n) is 9.31. The van der Waals surface area contributed by atoms with Gasteiger partial charge in [0, 0.05) is 25.7 Å². The molecule has 1 aliphatic heterocycles. The van der Waals surface area contributed by atoms with Gasteiger partial charge >= 0.3 is 0 Å². The van der Waals surface area contributed by atoms with E-state index in [1.165, 1.54) is 12.8 Å². The van der Waals surface area contributed by atoms with Crippen molar-refractivity contribution in [2.75, 3.05) is 26.2 Å². The van der Waals surface area contributed by atoms with Crippen LogP contribution in [0.1, 0.15) is 26.7 Å². The summed E-state index contributed by atoms with van der Waals surface area (Å²) in [5, 5.41) is 6.76. The van der Waals surface area contributed by atoms with Crippen LogP contribution < -0.4 is 10.6 Å². The normalized spacial score (nSPS) is 34.7. The van der Waals surface area contributed by atoms with Crippen molar-refractivity contribution in [1.29, 1.82) is 0 Å². The van der Waals surface area contributed by atoms with Gasteiger partial charge in [0.25, 0.3) is 0 Å². The number of rotatable bonds is 5. The first-order valence-electron chi connectivity index (χ1n) is 5.76. The van der Waals surface area contributed by atoms with Crippen LogP contribution in [-0.4, -0.2) is 37.9 Å². The smallest absolute Gasteiger partial charge is 0.0902 e. The molecule has 0 aromatic carbocycles. The Bertz CT molecular complexity index is 186. The molecule has 3 heteroatoms. The van der Waals surface area contributed by atoms with Crippen molar-refractivity contribution >= 4 is 0 Å². The lowest BCUT2D eigenvalue weighted by Gasteiger charge is -2.39. The molecule has 0 amide bonds. The SMILES string of the molecule is CC1CC(NCCOC2(C)CNC2)C1. The average molecular weight is 198 g/mol. The molecular formula is C11H22N2O. The van der Waals surface area contributed by atoms with Gasteiger partial charge in [-0.2, -0.15) is 0 Å². The molecule has 3 nitrogen and oxygen atoms in total. The van der Waals surface area contributed by atoms with E-state index in [1.807, 2.05) is 0 Å². The van der Waals surface area contributed by atoms with Crippen molar-refractivity contribution in [3.05, 3.63) is 0 Å². The largest absolute Gasteiger partial charge is 0.371 e. The van der Waals surface area contributed by atoms with Gasteiger partial charge in [-0.25, -0.2) is 0 Å². The number of hydrogen-bond acceptors (Lipinski definition) is 3. The zero-order chi connectivity index (χ0) is 10.0. The molecule has 0 bridgehead atoms. The second-order valence-electron chi connectivity index (χ2n) is 5.13. The van der Waals surface area contributed by atoms with E-state index in [-0.39, 0.29) is 5.60 Å². The van der Waals surface area contributed by atoms with Crippen LogP contribution in [0.25, 0.3) is 0 Å². The van der Waals surface area contributed by atoms with Gasteiger partial charge in [-0.3, -0.25) is 0 Å². The Balaban J connectivity index is 1.47. The van der Waals surface area contributed by atoms with Gasteiger partial charge in [0.05, 0.1) is 12.2 Å². The minimum Gasteiger partial charge on any atom is -0.371 e. The summed E-state index contributed by atoms with van der Waals surface area (Å²) in [6, 6.07) is 0.765. The van der Waals surface area contributed by atoms with Crippen LogP contribution in [0, 0.1) is 5.92 Å². The first kappa shape index (κ1) is 10.4. The highest BCUT2D eigenvalue weighted by molar-refractivity contribution is 4.90. The highest BCUT2D eigenvalue weighted by atomic mass is 16.5. The van der Waals surface area contributed by atoms with Crippen LogP contribution in [0.3, 0.4) is 0 Å². The minimum atomic E-state index is 0.120. The molecule has 1 heterocycles. The topological polar surface area (TPSA) is 33.3 Å². The molecule has 0 aromatic heterocycles.